The van der Waals surface area contributed by atoms with Crippen LogP contribution in [0.2, 0.25) is 0 Å². The standard InChI is InChI=1S/C25H35N3O4/c1-5-14-28-17(4)21(24(30)32-16(2)3)22(27-25(28)31)19-12-9-13-20(15-19)26-23(29)18-10-7-6-8-11-18/h9,12-13,15-16,18,22H,5-8,10-11,14H2,1-4H3,(H,26,29)(H,27,31). The normalized spacial score (nSPS) is 19.7. The molecule has 1 fully saturated rings. The predicted molar refractivity (Wildman–Crippen MR) is 124 cm³/mol. The first-order chi connectivity index (χ1) is 15.3. The minimum atomic E-state index is -0.645. The van der Waals surface area contributed by atoms with Crippen LogP contribution in [0.15, 0.2) is 35.5 Å². The summed E-state index contributed by atoms with van der Waals surface area (Å²) in [6.07, 6.45) is 5.70. The van der Waals surface area contributed by atoms with Crippen LogP contribution in [0.5, 0.6) is 0 Å². The highest BCUT2D eigenvalue weighted by Crippen LogP contribution is 2.33. The van der Waals surface area contributed by atoms with Crippen LogP contribution < -0.4 is 10.6 Å². The summed E-state index contributed by atoms with van der Waals surface area (Å²) in [4.78, 5) is 40.1. The number of anilines is 1. The van der Waals surface area contributed by atoms with Crippen molar-refractivity contribution < 1.29 is 19.1 Å². The van der Waals surface area contributed by atoms with Crippen molar-refractivity contribution in [2.45, 2.75) is 78.4 Å². The number of ether oxygens (including phenoxy) is 1. The smallest absolute Gasteiger partial charge is 0.338 e. The lowest BCUT2D eigenvalue weighted by molar-refractivity contribution is -0.143. The molecule has 0 saturated heterocycles. The zero-order valence-electron chi connectivity index (χ0n) is 19.6. The van der Waals surface area contributed by atoms with E-state index in [9.17, 15) is 14.4 Å². The van der Waals surface area contributed by atoms with E-state index in [0.29, 0.717) is 23.5 Å². The van der Waals surface area contributed by atoms with E-state index in [4.69, 9.17) is 4.74 Å². The first kappa shape index (κ1) is 23.8. The minimum absolute atomic E-state index is 0.0369. The second kappa shape index (κ2) is 10.7. The molecule has 0 spiro atoms. The third kappa shape index (κ3) is 5.50. The number of carbonyl (C=O) groups is 3. The molecule has 0 bridgehead atoms. The summed E-state index contributed by atoms with van der Waals surface area (Å²) in [5, 5.41) is 5.99. The number of hydrogen-bond acceptors (Lipinski definition) is 4. The van der Waals surface area contributed by atoms with Gasteiger partial charge in [0.05, 0.1) is 17.7 Å². The van der Waals surface area contributed by atoms with Crippen LogP contribution in [-0.4, -0.2) is 35.5 Å². The van der Waals surface area contributed by atoms with Crippen molar-refractivity contribution >= 4 is 23.6 Å². The van der Waals surface area contributed by atoms with Crippen LogP contribution in [-0.2, 0) is 14.3 Å². The van der Waals surface area contributed by atoms with E-state index in [1.165, 1.54) is 6.42 Å². The molecule has 3 rings (SSSR count). The zero-order valence-corrected chi connectivity index (χ0v) is 19.6. The summed E-state index contributed by atoms with van der Waals surface area (Å²) in [5.74, 6) is -0.363. The number of hydrogen-bond donors (Lipinski definition) is 2. The van der Waals surface area contributed by atoms with Crippen molar-refractivity contribution in [3.8, 4) is 0 Å². The molecule has 0 aromatic heterocycles. The highest BCUT2D eigenvalue weighted by Gasteiger charge is 2.36. The molecule has 1 saturated carbocycles. The van der Waals surface area contributed by atoms with E-state index in [1.807, 2.05) is 31.2 Å². The molecular weight excluding hydrogens is 406 g/mol. The van der Waals surface area contributed by atoms with Gasteiger partial charge in [0.15, 0.2) is 0 Å². The van der Waals surface area contributed by atoms with Gasteiger partial charge in [-0.15, -0.1) is 0 Å². The number of carbonyl (C=O) groups excluding carboxylic acids is 3. The molecule has 1 atom stereocenters. The van der Waals surface area contributed by atoms with Crippen molar-refractivity contribution in [3.05, 3.63) is 41.1 Å². The first-order valence-electron chi connectivity index (χ1n) is 11.7. The molecule has 0 radical (unpaired) electrons. The van der Waals surface area contributed by atoms with Crippen LogP contribution in [0, 0.1) is 5.92 Å². The lowest BCUT2D eigenvalue weighted by atomic mass is 9.88. The zero-order chi connectivity index (χ0) is 23.3. The monoisotopic (exact) mass is 441 g/mol. The van der Waals surface area contributed by atoms with Crippen LogP contribution >= 0.6 is 0 Å². The topological polar surface area (TPSA) is 87.7 Å². The Morgan fingerprint density at radius 2 is 1.94 bits per heavy atom. The summed E-state index contributed by atoms with van der Waals surface area (Å²) in [5.41, 5.74) is 2.41. The second-order valence-corrected chi connectivity index (χ2v) is 8.94. The maximum Gasteiger partial charge on any atom is 0.338 e. The average molecular weight is 442 g/mol. The fourth-order valence-electron chi connectivity index (χ4n) is 4.47. The van der Waals surface area contributed by atoms with Crippen molar-refractivity contribution in [1.29, 1.82) is 0 Å². The average Bonchev–Trinajstić information content (AvgIpc) is 2.76. The lowest BCUT2D eigenvalue weighted by Crippen LogP contribution is -2.48. The van der Waals surface area contributed by atoms with Gasteiger partial charge in [-0.2, -0.15) is 0 Å². The molecular formula is C25H35N3O4. The number of rotatable bonds is 7. The Kier molecular flexibility index (Phi) is 7.94. The number of nitrogens with zero attached hydrogens (tertiary/aromatic N) is 1. The fourth-order valence-corrected chi connectivity index (χ4v) is 4.47. The lowest BCUT2D eigenvalue weighted by Gasteiger charge is -2.35. The van der Waals surface area contributed by atoms with Gasteiger partial charge < -0.3 is 15.4 Å². The maximum atomic E-state index is 13.0. The minimum Gasteiger partial charge on any atom is -0.459 e. The molecule has 1 aliphatic heterocycles. The summed E-state index contributed by atoms with van der Waals surface area (Å²) < 4.78 is 5.50. The van der Waals surface area contributed by atoms with E-state index in [2.05, 4.69) is 10.6 Å². The van der Waals surface area contributed by atoms with Crippen LogP contribution in [0.4, 0.5) is 10.5 Å². The largest absolute Gasteiger partial charge is 0.459 e. The summed E-state index contributed by atoms with van der Waals surface area (Å²) >= 11 is 0. The third-order valence-corrected chi connectivity index (χ3v) is 6.07. The Morgan fingerprint density at radius 3 is 2.59 bits per heavy atom. The molecule has 3 amide bonds. The van der Waals surface area contributed by atoms with Crippen molar-refractivity contribution in [2.24, 2.45) is 5.92 Å². The Balaban J connectivity index is 1.90. The van der Waals surface area contributed by atoms with E-state index in [-0.39, 0.29) is 24.0 Å². The van der Waals surface area contributed by atoms with Gasteiger partial charge in [0.1, 0.15) is 0 Å². The highest BCUT2D eigenvalue weighted by molar-refractivity contribution is 5.96. The predicted octanol–water partition coefficient (Wildman–Crippen LogP) is 4.91. The van der Waals surface area contributed by atoms with Gasteiger partial charge in [0.2, 0.25) is 5.91 Å². The number of allylic oxidation sites excluding steroid dienone is 1. The fraction of sp³-hybridized carbons (Fsp3) is 0.560. The molecule has 1 unspecified atom stereocenters. The molecule has 7 nitrogen and oxygen atoms in total. The Labute approximate surface area is 190 Å². The molecule has 1 aromatic carbocycles. The number of esters is 1. The van der Waals surface area contributed by atoms with Crippen molar-refractivity contribution in [1.82, 2.24) is 10.2 Å². The maximum absolute atomic E-state index is 13.0. The number of nitrogens with one attached hydrogen (secondary N) is 2. The number of amides is 3. The molecule has 1 aromatic rings. The first-order valence-corrected chi connectivity index (χ1v) is 11.7. The van der Waals surface area contributed by atoms with Crippen LogP contribution in [0.1, 0.15) is 77.8 Å². The Bertz CT molecular complexity index is 887. The summed E-state index contributed by atoms with van der Waals surface area (Å²) in [6.45, 7) is 7.88. The Hall–Kier alpha value is -2.83. The molecule has 32 heavy (non-hydrogen) atoms. The van der Waals surface area contributed by atoms with Gasteiger partial charge >= 0.3 is 12.0 Å². The van der Waals surface area contributed by atoms with Gasteiger partial charge in [-0.1, -0.05) is 38.3 Å². The molecule has 174 valence electrons. The molecule has 2 aliphatic rings. The third-order valence-electron chi connectivity index (χ3n) is 6.07. The van der Waals surface area contributed by atoms with Gasteiger partial charge in [0, 0.05) is 23.8 Å². The van der Waals surface area contributed by atoms with Gasteiger partial charge in [-0.25, -0.2) is 9.59 Å². The second-order valence-electron chi connectivity index (χ2n) is 8.94. The molecule has 1 heterocycles. The Morgan fingerprint density at radius 1 is 1.22 bits per heavy atom. The molecule has 1 aliphatic carbocycles. The van der Waals surface area contributed by atoms with E-state index < -0.39 is 12.0 Å². The number of benzene rings is 1. The van der Waals surface area contributed by atoms with Gasteiger partial charge in [-0.3, -0.25) is 9.69 Å². The van der Waals surface area contributed by atoms with Crippen LogP contribution in [0.3, 0.4) is 0 Å². The summed E-state index contributed by atoms with van der Waals surface area (Å²) in [6, 6.07) is 6.46. The molecule has 2 N–H and O–H groups in total. The highest BCUT2D eigenvalue weighted by atomic mass is 16.5. The van der Waals surface area contributed by atoms with Gasteiger partial charge in [-0.05, 0) is 57.7 Å². The van der Waals surface area contributed by atoms with Crippen molar-refractivity contribution in [3.63, 3.8) is 0 Å². The SMILES string of the molecule is CCCN1C(=O)NC(c2cccc(NC(=O)C3CCCCC3)c2)C(C(=O)OC(C)C)=C1C. The molecule has 7 heteroatoms. The van der Waals surface area contributed by atoms with Gasteiger partial charge in [0.25, 0.3) is 0 Å². The van der Waals surface area contributed by atoms with E-state index >= 15 is 0 Å². The number of urea groups is 1. The van der Waals surface area contributed by atoms with Crippen molar-refractivity contribution in [2.75, 3.05) is 11.9 Å². The van der Waals surface area contributed by atoms with Crippen LogP contribution in [0.25, 0.3) is 0 Å². The van der Waals surface area contributed by atoms with E-state index in [0.717, 1.165) is 37.7 Å². The quantitative estimate of drug-likeness (QED) is 0.589. The van der Waals surface area contributed by atoms with E-state index in [1.54, 1.807) is 25.7 Å². The summed E-state index contributed by atoms with van der Waals surface area (Å²) in [7, 11) is 0.